The van der Waals surface area contributed by atoms with Crippen molar-refractivity contribution < 1.29 is 9.50 Å². The van der Waals surface area contributed by atoms with Crippen LogP contribution in [-0.4, -0.2) is 42.4 Å². The SMILES string of the molecule is C[C@H](O)Cc1cnc(N2CCNCC2)c(F)c1. The van der Waals surface area contributed by atoms with E-state index in [1.165, 1.54) is 6.07 Å². The Kier molecular flexibility index (Phi) is 3.91. The Morgan fingerprint density at radius 1 is 1.53 bits per heavy atom. The van der Waals surface area contributed by atoms with E-state index in [-0.39, 0.29) is 5.82 Å². The van der Waals surface area contributed by atoms with Crippen molar-refractivity contribution in [3.8, 4) is 0 Å². The largest absolute Gasteiger partial charge is 0.393 e. The van der Waals surface area contributed by atoms with Crippen LogP contribution in [0.3, 0.4) is 0 Å². The first-order valence-corrected chi connectivity index (χ1v) is 5.95. The number of pyridine rings is 1. The average molecular weight is 239 g/mol. The first-order valence-electron chi connectivity index (χ1n) is 5.95. The Bertz CT molecular complexity index is 378. The monoisotopic (exact) mass is 239 g/mol. The Hall–Kier alpha value is -1.20. The summed E-state index contributed by atoms with van der Waals surface area (Å²) in [6, 6.07) is 1.47. The highest BCUT2D eigenvalue weighted by atomic mass is 19.1. The molecular weight excluding hydrogens is 221 g/mol. The molecule has 0 unspecified atom stereocenters. The van der Waals surface area contributed by atoms with Gasteiger partial charge in [0, 0.05) is 32.4 Å². The molecule has 17 heavy (non-hydrogen) atoms. The van der Waals surface area contributed by atoms with Gasteiger partial charge in [-0.15, -0.1) is 0 Å². The van der Waals surface area contributed by atoms with Crippen molar-refractivity contribution in [1.29, 1.82) is 0 Å². The third-order valence-corrected chi connectivity index (χ3v) is 2.83. The number of rotatable bonds is 3. The molecule has 2 rings (SSSR count). The fraction of sp³-hybridized carbons (Fsp3) is 0.583. The van der Waals surface area contributed by atoms with E-state index in [1.54, 1.807) is 13.1 Å². The van der Waals surface area contributed by atoms with E-state index in [2.05, 4.69) is 10.3 Å². The minimum Gasteiger partial charge on any atom is -0.393 e. The van der Waals surface area contributed by atoms with Gasteiger partial charge >= 0.3 is 0 Å². The number of piperazine rings is 1. The van der Waals surface area contributed by atoms with Gasteiger partial charge in [0.05, 0.1) is 6.10 Å². The maximum absolute atomic E-state index is 13.9. The lowest BCUT2D eigenvalue weighted by Gasteiger charge is -2.28. The number of nitrogens with one attached hydrogen (secondary N) is 1. The minimum absolute atomic E-state index is 0.301. The molecule has 2 N–H and O–H groups in total. The summed E-state index contributed by atoms with van der Waals surface area (Å²) in [5.41, 5.74) is 0.733. The highest BCUT2D eigenvalue weighted by molar-refractivity contribution is 5.41. The number of hydrogen-bond acceptors (Lipinski definition) is 4. The first kappa shape index (κ1) is 12.3. The molecule has 0 aromatic carbocycles. The van der Waals surface area contributed by atoms with Crippen LogP contribution in [0.2, 0.25) is 0 Å². The predicted octanol–water partition coefficient (Wildman–Crippen LogP) is 0.554. The van der Waals surface area contributed by atoms with Crippen molar-refractivity contribution in [2.24, 2.45) is 0 Å². The molecular formula is C12H18FN3O. The molecule has 1 fully saturated rings. The molecule has 0 aliphatic carbocycles. The molecule has 94 valence electrons. The van der Waals surface area contributed by atoms with Gasteiger partial charge < -0.3 is 15.3 Å². The smallest absolute Gasteiger partial charge is 0.165 e. The molecule has 0 bridgehead atoms. The number of aromatic nitrogens is 1. The van der Waals surface area contributed by atoms with Crippen LogP contribution >= 0.6 is 0 Å². The molecule has 0 radical (unpaired) electrons. The second-order valence-electron chi connectivity index (χ2n) is 4.44. The molecule has 0 amide bonds. The number of halogens is 1. The van der Waals surface area contributed by atoms with Gasteiger partial charge in [0.2, 0.25) is 0 Å². The summed E-state index contributed by atoms with van der Waals surface area (Å²) in [4.78, 5) is 6.11. The maximum atomic E-state index is 13.9. The van der Waals surface area contributed by atoms with Crippen LogP contribution in [0.1, 0.15) is 12.5 Å². The third-order valence-electron chi connectivity index (χ3n) is 2.83. The third kappa shape index (κ3) is 3.14. The van der Waals surface area contributed by atoms with Gasteiger partial charge in [0.1, 0.15) is 0 Å². The van der Waals surface area contributed by atoms with Gasteiger partial charge in [0.25, 0.3) is 0 Å². The molecule has 5 heteroatoms. The van der Waals surface area contributed by atoms with E-state index in [4.69, 9.17) is 0 Å². The fourth-order valence-corrected chi connectivity index (χ4v) is 2.03. The van der Waals surface area contributed by atoms with Crippen LogP contribution in [0, 0.1) is 5.82 Å². The number of nitrogens with zero attached hydrogens (tertiary/aromatic N) is 2. The van der Waals surface area contributed by atoms with Crippen molar-refractivity contribution in [3.63, 3.8) is 0 Å². The van der Waals surface area contributed by atoms with Crippen LogP contribution in [0.4, 0.5) is 10.2 Å². The Balaban J connectivity index is 2.13. The first-order chi connectivity index (χ1) is 8.16. The quantitative estimate of drug-likeness (QED) is 0.809. The number of hydrogen-bond donors (Lipinski definition) is 2. The summed E-state index contributed by atoms with van der Waals surface area (Å²) in [5, 5.41) is 12.5. The predicted molar refractivity (Wildman–Crippen MR) is 64.7 cm³/mol. The number of aliphatic hydroxyl groups is 1. The molecule has 1 saturated heterocycles. The molecule has 1 aromatic rings. The normalized spacial score (nSPS) is 18.2. The zero-order chi connectivity index (χ0) is 12.3. The van der Waals surface area contributed by atoms with Gasteiger partial charge in [-0.25, -0.2) is 9.37 Å². The van der Waals surface area contributed by atoms with E-state index in [0.29, 0.717) is 12.2 Å². The molecule has 1 aliphatic rings. The summed E-state index contributed by atoms with van der Waals surface area (Å²) in [6.45, 7) is 4.95. The molecule has 0 saturated carbocycles. The Labute approximate surface area is 100 Å². The van der Waals surface area contributed by atoms with Gasteiger partial charge in [0.15, 0.2) is 11.6 Å². The van der Waals surface area contributed by atoms with Gasteiger partial charge in [-0.1, -0.05) is 0 Å². The maximum Gasteiger partial charge on any atom is 0.165 e. The molecule has 0 spiro atoms. The fourth-order valence-electron chi connectivity index (χ4n) is 2.03. The van der Waals surface area contributed by atoms with Crippen LogP contribution in [-0.2, 0) is 6.42 Å². The van der Waals surface area contributed by atoms with E-state index in [9.17, 15) is 9.50 Å². The van der Waals surface area contributed by atoms with Crippen LogP contribution < -0.4 is 10.2 Å². The van der Waals surface area contributed by atoms with Crippen LogP contribution in [0.25, 0.3) is 0 Å². The summed E-state index contributed by atoms with van der Waals surface area (Å²) in [6.07, 6.45) is 1.61. The van der Waals surface area contributed by atoms with Crippen LogP contribution in [0.5, 0.6) is 0 Å². The van der Waals surface area contributed by atoms with E-state index in [0.717, 1.165) is 31.7 Å². The topological polar surface area (TPSA) is 48.4 Å². The van der Waals surface area contributed by atoms with Crippen molar-refractivity contribution in [2.75, 3.05) is 31.1 Å². The zero-order valence-corrected chi connectivity index (χ0v) is 9.99. The molecule has 1 atom stereocenters. The Morgan fingerprint density at radius 2 is 2.24 bits per heavy atom. The number of aliphatic hydroxyl groups excluding tert-OH is 1. The van der Waals surface area contributed by atoms with Crippen molar-refractivity contribution >= 4 is 5.82 Å². The highest BCUT2D eigenvalue weighted by Crippen LogP contribution is 2.18. The van der Waals surface area contributed by atoms with Gasteiger partial charge in [-0.05, 0) is 25.0 Å². The summed E-state index contributed by atoms with van der Waals surface area (Å²) in [7, 11) is 0. The second-order valence-corrected chi connectivity index (χ2v) is 4.44. The van der Waals surface area contributed by atoms with Crippen molar-refractivity contribution in [2.45, 2.75) is 19.4 Å². The standard InChI is InChI=1S/C12H18FN3O/c1-9(17)6-10-7-11(13)12(15-8-10)16-4-2-14-3-5-16/h7-9,14,17H,2-6H2,1H3/t9-/m0/s1. The summed E-state index contributed by atoms with van der Waals surface area (Å²) >= 11 is 0. The lowest BCUT2D eigenvalue weighted by Crippen LogP contribution is -2.44. The summed E-state index contributed by atoms with van der Waals surface area (Å²) in [5.74, 6) is 0.117. The average Bonchev–Trinajstić information content (AvgIpc) is 2.29. The van der Waals surface area contributed by atoms with E-state index >= 15 is 0 Å². The van der Waals surface area contributed by atoms with E-state index in [1.807, 2.05) is 4.90 Å². The van der Waals surface area contributed by atoms with Crippen molar-refractivity contribution in [3.05, 3.63) is 23.6 Å². The zero-order valence-electron chi connectivity index (χ0n) is 9.99. The van der Waals surface area contributed by atoms with Gasteiger partial charge in [-0.2, -0.15) is 0 Å². The minimum atomic E-state index is -0.471. The lowest BCUT2D eigenvalue weighted by molar-refractivity contribution is 0.195. The Morgan fingerprint density at radius 3 is 2.82 bits per heavy atom. The molecule has 2 heterocycles. The van der Waals surface area contributed by atoms with Crippen LogP contribution in [0.15, 0.2) is 12.3 Å². The molecule has 4 nitrogen and oxygen atoms in total. The van der Waals surface area contributed by atoms with Crippen molar-refractivity contribution in [1.82, 2.24) is 10.3 Å². The van der Waals surface area contributed by atoms with Gasteiger partial charge in [-0.3, -0.25) is 0 Å². The molecule has 1 aromatic heterocycles. The lowest BCUT2D eigenvalue weighted by atomic mass is 10.1. The van der Waals surface area contributed by atoms with E-state index < -0.39 is 6.10 Å². The highest BCUT2D eigenvalue weighted by Gasteiger charge is 2.16. The summed E-state index contributed by atoms with van der Waals surface area (Å²) < 4.78 is 13.9. The second kappa shape index (κ2) is 5.42. The molecule has 1 aliphatic heterocycles. The number of anilines is 1.